The van der Waals surface area contributed by atoms with E-state index in [1.807, 2.05) is 73.1 Å². The normalized spacial score (nSPS) is 10.5. The summed E-state index contributed by atoms with van der Waals surface area (Å²) in [7, 11) is 7.97. The van der Waals surface area contributed by atoms with Crippen LogP contribution in [0.1, 0.15) is 0 Å². The smallest absolute Gasteiger partial charge is 0.229 e. The van der Waals surface area contributed by atoms with Gasteiger partial charge in [0.15, 0.2) is 23.1 Å². The van der Waals surface area contributed by atoms with Gasteiger partial charge in [0.05, 0.1) is 46.9 Å². The summed E-state index contributed by atoms with van der Waals surface area (Å²) in [6, 6.07) is 26.4. The summed E-state index contributed by atoms with van der Waals surface area (Å²) in [4.78, 5) is 16.8. The Morgan fingerprint density at radius 1 is 0.558 bits per heavy atom. The molecule has 0 saturated carbocycles. The van der Waals surface area contributed by atoms with Crippen molar-refractivity contribution in [2.45, 2.75) is 0 Å². The summed E-state index contributed by atoms with van der Waals surface area (Å²) in [6.45, 7) is 0. The summed E-state index contributed by atoms with van der Waals surface area (Å²) in [5.74, 6) is 4.83. The molecular weight excluding hydrogens is 686 g/mol. The zero-order chi connectivity index (χ0) is 36.5. The van der Waals surface area contributed by atoms with Crippen molar-refractivity contribution in [3.63, 3.8) is 0 Å². The highest BCUT2D eigenvalue weighted by Gasteiger charge is 2.14. The lowest BCUT2D eigenvalue weighted by molar-refractivity contribution is 0.324. The first kappa shape index (κ1) is 35.2. The van der Waals surface area contributed by atoms with Gasteiger partial charge in [-0.1, -0.05) is 0 Å². The van der Waals surface area contributed by atoms with Crippen molar-refractivity contribution in [2.75, 3.05) is 40.9 Å². The molecule has 0 amide bonds. The van der Waals surface area contributed by atoms with E-state index in [1.165, 1.54) is 0 Å². The molecule has 264 valence electrons. The first-order valence-corrected chi connectivity index (χ1v) is 16.1. The Morgan fingerprint density at radius 3 is 1.52 bits per heavy atom. The number of hydrogen-bond donors (Lipinski definition) is 1. The Morgan fingerprint density at radius 2 is 1.06 bits per heavy atom. The third-order valence-corrected chi connectivity index (χ3v) is 7.77. The van der Waals surface area contributed by atoms with Crippen molar-refractivity contribution < 1.29 is 23.7 Å². The molecule has 1 N–H and O–H groups in total. The second-order valence-corrected chi connectivity index (χ2v) is 11.0. The molecule has 0 atom stereocenters. The summed E-state index contributed by atoms with van der Waals surface area (Å²) in [6.07, 6.45) is 6.94. The minimum absolute atomic E-state index is 0.198. The van der Waals surface area contributed by atoms with E-state index in [0.29, 0.717) is 40.5 Å². The summed E-state index contributed by atoms with van der Waals surface area (Å²) >= 11 is 5.77. The molecule has 0 saturated heterocycles. The summed E-state index contributed by atoms with van der Waals surface area (Å²) < 4.78 is 29.9. The van der Waals surface area contributed by atoms with Gasteiger partial charge in [0.2, 0.25) is 17.0 Å². The van der Waals surface area contributed by atoms with Crippen LogP contribution in [0.2, 0.25) is 5.28 Å². The number of nitrogens with one attached hydrogen (secondary N) is 1. The van der Waals surface area contributed by atoms with Crippen molar-refractivity contribution in [3.05, 3.63) is 115 Å². The third-order valence-electron chi connectivity index (χ3n) is 7.59. The van der Waals surface area contributed by atoms with Gasteiger partial charge in [-0.15, -0.1) is 0 Å². The van der Waals surface area contributed by atoms with Crippen LogP contribution < -0.4 is 29.0 Å². The Bertz CT molecular complexity index is 2220. The molecule has 0 bridgehead atoms. The quantitative estimate of drug-likeness (QED) is 0.136. The highest BCUT2D eigenvalue weighted by atomic mass is 35.5. The number of nitrogens with zero attached hydrogens (tertiary/aromatic N) is 8. The molecule has 14 nitrogen and oxygen atoms in total. The minimum atomic E-state index is 0.198. The Labute approximate surface area is 304 Å². The number of methoxy groups -OCH3 is 5. The number of benzene rings is 3. The molecule has 52 heavy (non-hydrogen) atoms. The Kier molecular flexibility index (Phi) is 11.1. The molecule has 0 unspecified atom stereocenters. The van der Waals surface area contributed by atoms with Crippen LogP contribution in [0.4, 0.5) is 11.6 Å². The second-order valence-electron chi connectivity index (χ2n) is 10.7. The van der Waals surface area contributed by atoms with Crippen molar-refractivity contribution in [2.24, 2.45) is 0 Å². The topological polar surface area (TPSA) is 145 Å². The largest absolute Gasteiger partial charge is 0.497 e. The molecule has 7 aromatic rings. The molecule has 0 aliphatic rings. The third kappa shape index (κ3) is 8.20. The first-order valence-electron chi connectivity index (χ1n) is 15.7. The first-order chi connectivity index (χ1) is 25.4. The van der Waals surface area contributed by atoms with Crippen molar-refractivity contribution in [1.29, 1.82) is 0 Å². The van der Waals surface area contributed by atoms with Crippen LogP contribution in [0.15, 0.2) is 110 Å². The van der Waals surface area contributed by atoms with Gasteiger partial charge in [-0.2, -0.15) is 20.2 Å². The second kappa shape index (κ2) is 16.4. The van der Waals surface area contributed by atoms with Crippen LogP contribution in [0.5, 0.6) is 28.7 Å². The van der Waals surface area contributed by atoms with E-state index in [9.17, 15) is 0 Å². The number of halogens is 1. The van der Waals surface area contributed by atoms with Crippen molar-refractivity contribution in [1.82, 2.24) is 39.5 Å². The van der Waals surface area contributed by atoms with Gasteiger partial charge in [-0.25, -0.2) is 19.3 Å². The molecule has 7 rings (SSSR count). The highest BCUT2D eigenvalue weighted by molar-refractivity contribution is 6.28. The average Bonchev–Trinajstić information content (AvgIpc) is 3.90. The van der Waals surface area contributed by atoms with Crippen molar-refractivity contribution >= 4 is 23.2 Å². The zero-order valence-electron chi connectivity index (χ0n) is 28.9. The van der Waals surface area contributed by atoms with Gasteiger partial charge < -0.3 is 29.0 Å². The number of rotatable bonds is 11. The SMILES string of the molecule is COc1ccc(-c2ccn(-c3ccnc(Cl)n3)n2)cc1.COc1ccc(-c2ccn(-c3ccnc(Nc4cc(OC)c(OC)c(OC)c4)n3)n2)cc1. The van der Waals surface area contributed by atoms with E-state index < -0.39 is 0 Å². The van der Waals surface area contributed by atoms with Crippen LogP contribution >= 0.6 is 11.6 Å². The van der Waals surface area contributed by atoms with Gasteiger partial charge in [-0.3, -0.25) is 0 Å². The Balaban J connectivity index is 0.000000198. The molecular formula is C37H34ClN9O5. The number of ether oxygens (including phenoxy) is 5. The molecule has 4 aromatic heterocycles. The lowest BCUT2D eigenvalue weighted by Crippen LogP contribution is -2.04. The van der Waals surface area contributed by atoms with Crippen LogP contribution in [0.3, 0.4) is 0 Å². The van der Waals surface area contributed by atoms with E-state index in [4.69, 9.17) is 35.3 Å². The van der Waals surface area contributed by atoms with E-state index >= 15 is 0 Å². The number of hydrogen-bond acceptors (Lipinski definition) is 12. The lowest BCUT2D eigenvalue weighted by Gasteiger charge is -2.14. The zero-order valence-corrected chi connectivity index (χ0v) is 29.6. The molecule has 3 aromatic carbocycles. The number of aromatic nitrogens is 8. The monoisotopic (exact) mass is 719 g/mol. The molecule has 0 radical (unpaired) electrons. The van der Waals surface area contributed by atoms with Gasteiger partial charge in [0, 0.05) is 65.9 Å². The van der Waals surface area contributed by atoms with Crippen molar-refractivity contribution in [3.8, 4) is 62.9 Å². The predicted molar refractivity (Wildman–Crippen MR) is 197 cm³/mol. The maximum absolute atomic E-state index is 5.77. The molecule has 0 fully saturated rings. The fourth-order valence-corrected chi connectivity index (χ4v) is 5.15. The molecule has 0 spiro atoms. The van der Waals surface area contributed by atoms with Gasteiger partial charge in [0.1, 0.15) is 11.5 Å². The van der Waals surface area contributed by atoms with E-state index in [-0.39, 0.29) is 5.28 Å². The molecule has 0 aliphatic heterocycles. The highest BCUT2D eigenvalue weighted by Crippen LogP contribution is 2.40. The molecule has 0 aliphatic carbocycles. The number of anilines is 2. The lowest BCUT2D eigenvalue weighted by atomic mass is 10.1. The van der Waals surface area contributed by atoms with Crippen LogP contribution in [0, 0.1) is 0 Å². The minimum Gasteiger partial charge on any atom is -0.497 e. The maximum atomic E-state index is 5.77. The Hall–Kier alpha value is -6.67. The van der Waals surface area contributed by atoms with Crippen LogP contribution in [-0.4, -0.2) is 75.0 Å². The van der Waals surface area contributed by atoms with Crippen LogP contribution in [0.25, 0.3) is 34.2 Å². The van der Waals surface area contributed by atoms with E-state index in [1.54, 1.807) is 81.6 Å². The van der Waals surface area contributed by atoms with E-state index in [2.05, 4.69) is 35.5 Å². The maximum Gasteiger partial charge on any atom is 0.229 e. The van der Waals surface area contributed by atoms with E-state index in [0.717, 1.165) is 34.0 Å². The average molecular weight is 720 g/mol. The van der Waals surface area contributed by atoms with Gasteiger partial charge in [-0.05, 0) is 72.3 Å². The predicted octanol–water partition coefficient (Wildman–Crippen LogP) is 7.10. The summed E-state index contributed by atoms with van der Waals surface area (Å²) in [5, 5.41) is 12.5. The van der Waals surface area contributed by atoms with Crippen LogP contribution in [-0.2, 0) is 0 Å². The standard InChI is InChI=1S/C23H23N5O4.C14H11ClN4O/c1-29-17-7-5-15(6-8-17)18-10-12-28(27-18)21-9-11-24-23(26-21)25-16-13-19(30-2)22(32-4)20(14-16)31-3;1-20-11-4-2-10(3-5-11)12-7-9-19(18-12)13-6-8-16-14(15)17-13/h5-14H,1-4H3,(H,24,25,26);2-9H,1H3. The molecule has 15 heteroatoms. The fraction of sp³-hybridized carbons (Fsp3) is 0.135. The fourth-order valence-electron chi connectivity index (χ4n) is 5.01. The van der Waals surface area contributed by atoms with Gasteiger partial charge >= 0.3 is 0 Å². The van der Waals surface area contributed by atoms with Gasteiger partial charge in [0.25, 0.3) is 0 Å². The molecule has 4 heterocycles. The summed E-state index contributed by atoms with van der Waals surface area (Å²) in [5.41, 5.74) is 4.35.